The topological polar surface area (TPSA) is 76.7 Å². The van der Waals surface area contributed by atoms with Crippen LogP contribution >= 0.6 is 0 Å². The first kappa shape index (κ1) is 20.1. The normalized spacial score (nSPS) is 17.1. The lowest BCUT2D eigenvalue weighted by Gasteiger charge is -2.24. The van der Waals surface area contributed by atoms with Gasteiger partial charge >= 0.3 is 0 Å². The monoisotopic (exact) mass is 362 g/mol. The Morgan fingerprint density at radius 3 is 2.35 bits per heavy atom. The first-order valence-electron chi connectivity index (χ1n) is 9.29. The van der Waals surface area contributed by atoms with Crippen LogP contribution < -0.4 is 20.1 Å². The van der Waals surface area contributed by atoms with Crippen molar-refractivity contribution in [1.29, 1.82) is 0 Å². The summed E-state index contributed by atoms with van der Waals surface area (Å²) in [4.78, 5) is 24.8. The smallest absolute Gasteiger partial charge is 0.242 e. The lowest BCUT2D eigenvalue weighted by atomic mass is 9.88. The highest BCUT2D eigenvalue weighted by Crippen LogP contribution is 2.29. The zero-order chi connectivity index (χ0) is 19.1. The predicted molar refractivity (Wildman–Crippen MR) is 100 cm³/mol. The maximum absolute atomic E-state index is 12.5. The molecule has 0 heterocycles. The van der Waals surface area contributed by atoms with Crippen molar-refractivity contribution in [3.8, 4) is 11.5 Å². The Balaban J connectivity index is 1.96. The van der Waals surface area contributed by atoms with Crippen molar-refractivity contribution in [3.63, 3.8) is 0 Å². The molecule has 1 aromatic carbocycles. The van der Waals surface area contributed by atoms with Gasteiger partial charge in [-0.3, -0.25) is 9.59 Å². The van der Waals surface area contributed by atoms with E-state index in [4.69, 9.17) is 9.47 Å². The van der Waals surface area contributed by atoms with Gasteiger partial charge in [0.15, 0.2) is 0 Å². The molecule has 1 saturated carbocycles. The first-order chi connectivity index (χ1) is 12.5. The van der Waals surface area contributed by atoms with Gasteiger partial charge < -0.3 is 20.1 Å². The van der Waals surface area contributed by atoms with Gasteiger partial charge in [-0.25, -0.2) is 0 Å². The van der Waals surface area contributed by atoms with Crippen LogP contribution in [0.1, 0.15) is 57.6 Å². The van der Waals surface area contributed by atoms with E-state index < -0.39 is 6.04 Å². The summed E-state index contributed by atoms with van der Waals surface area (Å²) in [7, 11) is 3.19. The molecular formula is C20H30N2O4. The highest BCUT2D eigenvalue weighted by Gasteiger charge is 2.25. The van der Waals surface area contributed by atoms with Gasteiger partial charge in [-0.15, -0.1) is 0 Å². The summed E-state index contributed by atoms with van der Waals surface area (Å²) in [5.74, 6) is 1.18. The van der Waals surface area contributed by atoms with Crippen LogP contribution in [0.2, 0.25) is 0 Å². The number of hydrogen-bond acceptors (Lipinski definition) is 4. The molecule has 144 valence electrons. The van der Waals surface area contributed by atoms with E-state index in [0.29, 0.717) is 11.5 Å². The number of hydrogen-bond donors (Lipinski definition) is 2. The zero-order valence-corrected chi connectivity index (χ0v) is 16.1. The zero-order valence-electron chi connectivity index (χ0n) is 16.1. The second-order valence-electron chi connectivity index (χ2n) is 6.90. The summed E-state index contributed by atoms with van der Waals surface area (Å²) < 4.78 is 10.6. The van der Waals surface area contributed by atoms with E-state index in [0.717, 1.165) is 31.2 Å². The van der Waals surface area contributed by atoms with Crippen molar-refractivity contribution >= 4 is 11.8 Å². The molecule has 1 fully saturated rings. The van der Waals surface area contributed by atoms with Crippen molar-refractivity contribution < 1.29 is 19.1 Å². The first-order valence-corrected chi connectivity index (χ1v) is 9.29. The van der Waals surface area contributed by atoms with E-state index in [2.05, 4.69) is 10.6 Å². The Labute approximate surface area is 155 Å². The molecule has 2 atom stereocenters. The molecule has 6 heteroatoms. The molecule has 2 N–H and O–H groups in total. The number of carbonyl (C=O) groups excluding carboxylic acids is 2. The quantitative estimate of drug-likeness (QED) is 0.782. The third-order valence-corrected chi connectivity index (χ3v) is 4.99. The fraction of sp³-hybridized carbons (Fsp3) is 0.600. The van der Waals surface area contributed by atoms with Crippen molar-refractivity contribution in [2.24, 2.45) is 5.92 Å². The predicted octanol–water partition coefficient (Wildman–Crippen LogP) is 2.97. The third-order valence-electron chi connectivity index (χ3n) is 4.99. The Morgan fingerprint density at radius 1 is 1.04 bits per heavy atom. The largest absolute Gasteiger partial charge is 0.497 e. The number of carbonyl (C=O) groups is 2. The minimum absolute atomic E-state index is 0.0148. The molecule has 0 saturated heterocycles. The number of ether oxygens (including phenoxy) is 2. The third kappa shape index (κ3) is 5.13. The molecule has 0 bridgehead atoms. The van der Waals surface area contributed by atoms with Crippen LogP contribution in [0, 0.1) is 5.92 Å². The van der Waals surface area contributed by atoms with E-state index >= 15 is 0 Å². The molecule has 2 amide bonds. The van der Waals surface area contributed by atoms with Crippen molar-refractivity contribution in [2.75, 3.05) is 14.2 Å². The molecule has 1 aliphatic carbocycles. The number of amides is 2. The molecule has 0 radical (unpaired) electrons. The highest BCUT2D eigenvalue weighted by molar-refractivity contribution is 5.88. The summed E-state index contributed by atoms with van der Waals surface area (Å²) in [6, 6.07) is 4.61. The minimum Gasteiger partial charge on any atom is -0.497 e. The van der Waals surface area contributed by atoms with Gasteiger partial charge in [-0.05, 0) is 44.9 Å². The number of benzene rings is 1. The average molecular weight is 362 g/mol. The standard InChI is InChI=1S/C20H30N2O4/c1-13(17-12-16(25-3)10-11-18(17)26-4)21-19(23)14(2)22-20(24)15-8-6-5-7-9-15/h10-15H,5-9H2,1-4H3,(H,21,23)(H,22,24)/t13-,14+/m0/s1. The summed E-state index contributed by atoms with van der Waals surface area (Å²) in [5, 5.41) is 5.79. The molecule has 0 spiro atoms. The van der Waals surface area contributed by atoms with Gasteiger partial charge in [0, 0.05) is 11.5 Å². The Kier molecular flexibility index (Phi) is 7.30. The lowest BCUT2D eigenvalue weighted by molar-refractivity contribution is -0.131. The molecule has 1 aliphatic rings. The van der Waals surface area contributed by atoms with E-state index in [-0.39, 0.29) is 23.8 Å². The Bertz CT molecular complexity index is 626. The molecule has 1 aromatic rings. The molecule has 26 heavy (non-hydrogen) atoms. The molecule has 0 aromatic heterocycles. The molecular weight excluding hydrogens is 332 g/mol. The fourth-order valence-corrected chi connectivity index (χ4v) is 3.36. The van der Waals surface area contributed by atoms with Gasteiger partial charge in [0.2, 0.25) is 11.8 Å². The van der Waals surface area contributed by atoms with Crippen LogP contribution in [0.4, 0.5) is 0 Å². The van der Waals surface area contributed by atoms with Crippen LogP contribution in [-0.2, 0) is 9.59 Å². The molecule has 6 nitrogen and oxygen atoms in total. The summed E-state index contributed by atoms with van der Waals surface area (Å²) in [6.45, 7) is 3.59. The Morgan fingerprint density at radius 2 is 1.73 bits per heavy atom. The van der Waals surface area contributed by atoms with Gasteiger partial charge in [-0.2, -0.15) is 0 Å². The van der Waals surface area contributed by atoms with E-state index in [1.165, 1.54) is 6.42 Å². The SMILES string of the molecule is COc1ccc(OC)c([C@H](C)NC(=O)[C@@H](C)NC(=O)C2CCCCC2)c1. The fourth-order valence-electron chi connectivity index (χ4n) is 3.36. The van der Waals surface area contributed by atoms with Crippen molar-refractivity contribution in [2.45, 2.75) is 58.0 Å². The van der Waals surface area contributed by atoms with Gasteiger partial charge in [0.1, 0.15) is 17.5 Å². The van der Waals surface area contributed by atoms with Crippen LogP contribution in [0.3, 0.4) is 0 Å². The van der Waals surface area contributed by atoms with Crippen LogP contribution in [0.15, 0.2) is 18.2 Å². The maximum atomic E-state index is 12.5. The Hall–Kier alpha value is -2.24. The molecule has 0 aliphatic heterocycles. The van der Waals surface area contributed by atoms with Gasteiger partial charge in [0.25, 0.3) is 0 Å². The van der Waals surface area contributed by atoms with Crippen molar-refractivity contribution in [3.05, 3.63) is 23.8 Å². The summed E-state index contributed by atoms with van der Waals surface area (Å²) in [5.41, 5.74) is 0.825. The number of nitrogens with one attached hydrogen (secondary N) is 2. The minimum atomic E-state index is -0.580. The van der Waals surface area contributed by atoms with E-state index in [9.17, 15) is 9.59 Å². The van der Waals surface area contributed by atoms with Crippen LogP contribution in [0.25, 0.3) is 0 Å². The number of methoxy groups -OCH3 is 2. The van der Waals surface area contributed by atoms with Crippen LogP contribution in [-0.4, -0.2) is 32.1 Å². The van der Waals surface area contributed by atoms with Gasteiger partial charge in [-0.1, -0.05) is 19.3 Å². The van der Waals surface area contributed by atoms with Crippen molar-refractivity contribution in [1.82, 2.24) is 10.6 Å². The summed E-state index contributed by atoms with van der Waals surface area (Å²) >= 11 is 0. The van der Waals surface area contributed by atoms with E-state index in [1.54, 1.807) is 21.1 Å². The molecule has 2 rings (SSSR count). The number of rotatable bonds is 7. The molecule has 0 unspecified atom stereocenters. The second-order valence-corrected chi connectivity index (χ2v) is 6.90. The van der Waals surface area contributed by atoms with E-state index in [1.807, 2.05) is 25.1 Å². The van der Waals surface area contributed by atoms with Crippen LogP contribution in [0.5, 0.6) is 11.5 Å². The maximum Gasteiger partial charge on any atom is 0.242 e. The lowest BCUT2D eigenvalue weighted by Crippen LogP contribution is -2.47. The summed E-state index contributed by atoms with van der Waals surface area (Å²) in [6.07, 6.45) is 5.20. The van der Waals surface area contributed by atoms with Gasteiger partial charge in [0.05, 0.1) is 20.3 Å². The second kappa shape index (κ2) is 9.46. The highest BCUT2D eigenvalue weighted by atomic mass is 16.5. The average Bonchev–Trinajstić information content (AvgIpc) is 2.67.